The first-order valence-electron chi connectivity index (χ1n) is 12.5. The molecule has 4 aromatic carbocycles. The van der Waals surface area contributed by atoms with Crippen molar-refractivity contribution in [1.82, 2.24) is 4.90 Å². The van der Waals surface area contributed by atoms with Gasteiger partial charge in [-0.2, -0.15) is 13.2 Å². The molecule has 3 amide bonds. The van der Waals surface area contributed by atoms with Crippen LogP contribution in [0.4, 0.5) is 28.9 Å². The number of rotatable bonds is 3. The fraction of sp³-hybridized carbons (Fsp3) is 0.167. The number of imide groups is 1. The van der Waals surface area contributed by atoms with E-state index in [4.69, 9.17) is 0 Å². The summed E-state index contributed by atoms with van der Waals surface area (Å²) < 4.78 is 53.2. The van der Waals surface area contributed by atoms with E-state index in [2.05, 4.69) is 4.90 Å². The molecular weight excluding hydrogens is 526 g/mol. The van der Waals surface area contributed by atoms with Crippen molar-refractivity contribution in [2.75, 3.05) is 36.0 Å². The lowest BCUT2D eigenvalue weighted by atomic mass is 9.90. The van der Waals surface area contributed by atoms with Crippen molar-refractivity contribution in [3.05, 3.63) is 107 Å². The van der Waals surface area contributed by atoms with Crippen molar-refractivity contribution in [1.29, 1.82) is 0 Å². The molecule has 0 unspecified atom stereocenters. The summed E-state index contributed by atoms with van der Waals surface area (Å²) in [6.07, 6.45) is -4.64. The first-order valence-corrected chi connectivity index (χ1v) is 12.5. The van der Waals surface area contributed by atoms with Crippen LogP contribution in [-0.2, 0) is 6.18 Å². The highest BCUT2D eigenvalue weighted by Crippen LogP contribution is 2.37. The maximum absolute atomic E-state index is 13.6. The highest BCUT2D eigenvalue weighted by atomic mass is 19.4. The van der Waals surface area contributed by atoms with Crippen molar-refractivity contribution in [3.63, 3.8) is 0 Å². The van der Waals surface area contributed by atoms with Crippen LogP contribution in [0.15, 0.2) is 78.9 Å². The Hall–Kier alpha value is -4.73. The maximum Gasteiger partial charge on any atom is 0.416 e. The SMILES string of the molecule is O=C(c1ccc2c3c(cccc13)C(=O)N(c1cccc(C(F)(F)F)c1)C2=O)N1CCN(c2ccc(F)cc2)CC1. The van der Waals surface area contributed by atoms with Crippen LogP contribution in [-0.4, -0.2) is 48.8 Å². The number of alkyl halides is 3. The van der Waals surface area contributed by atoms with Gasteiger partial charge in [0.1, 0.15) is 5.82 Å². The molecular formula is C30H21F4N3O3. The molecule has 1 saturated heterocycles. The van der Waals surface area contributed by atoms with Gasteiger partial charge < -0.3 is 9.80 Å². The summed E-state index contributed by atoms with van der Waals surface area (Å²) in [6, 6.07) is 17.9. The molecule has 6 nitrogen and oxygen atoms in total. The smallest absolute Gasteiger partial charge is 0.368 e. The lowest BCUT2D eigenvalue weighted by Gasteiger charge is -2.36. The second kappa shape index (κ2) is 9.48. The molecule has 0 bridgehead atoms. The van der Waals surface area contributed by atoms with Crippen molar-refractivity contribution in [2.45, 2.75) is 6.18 Å². The predicted octanol–water partition coefficient (Wildman–Crippen LogP) is 5.76. The van der Waals surface area contributed by atoms with E-state index >= 15 is 0 Å². The molecule has 0 atom stereocenters. The molecule has 0 spiro atoms. The van der Waals surface area contributed by atoms with Crippen LogP contribution in [0, 0.1) is 5.82 Å². The zero-order chi connectivity index (χ0) is 28.2. The van der Waals surface area contributed by atoms with Gasteiger partial charge >= 0.3 is 6.18 Å². The molecule has 2 aliphatic heterocycles. The second-order valence-electron chi connectivity index (χ2n) is 9.64. The summed E-state index contributed by atoms with van der Waals surface area (Å²) in [7, 11) is 0. The number of anilines is 2. The summed E-state index contributed by atoms with van der Waals surface area (Å²) >= 11 is 0. The second-order valence-corrected chi connectivity index (χ2v) is 9.64. The fourth-order valence-electron chi connectivity index (χ4n) is 5.33. The van der Waals surface area contributed by atoms with Crippen molar-refractivity contribution in [2.24, 2.45) is 0 Å². The molecule has 0 aromatic heterocycles. The fourth-order valence-corrected chi connectivity index (χ4v) is 5.33. The molecule has 202 valence electrons. The third kappa shape index (κ3) is 4.25. The van der Waals surface area contributed by atoms with Gasteiger partial charge in [0.25, 0.3) is 17.7 Å². The van der Waals surface area contributed by atoms with Crippen LogP contribution in [0.25, 0.3) is 10.8 Å². The van der Waals surface area contributed by atoms with E-state index in [1.165, 1.54) is 36.4 Å². The van der Waals surface area contributed by atoms with E-state index in [1.54, 1.807) is 29.2 Å². The summed E-state index contributed by atoms with van der Waals surface area (Å²) in [5, 5.41) is 0.725. The number of hydrogen-bond acceptors (Lipinski definition) is 4. The Balaban J connectivity index is 1.31. The average Bonchev–Trinajstić information content (AvgIpc) is 2.95. The van der Waals surface area contributed by atoms with Crippen LogP contribution in [0.5, 0.6) is 0 Å². The Labute approximate surface area is 226 Å². The predicted molar refractivity (Wildman–Crippen MR) is 141 cm³/mol. The van der Waals surface area contributed by atoms with E-state index in [0.717, 1.165) is 28.8 Å². The third-order valence-electron chi connectivity index (χ3n) is 7.33. The molecule has 2 heterocycles. The third-order valence-corrected chi connectivity index (χ3v) is 7.33. The molecule has 6 rings (SSSR count). The summed E-state index contributed by atoms with van der Waals surface area (Å²) in [5.74, 6) is -2.11. The molecule has 2 aliphatic rings. The van der Waals surface area contributed by atoms with E-state index in [0.29, 0.717) is 42.5 Å². The lowest BCUT2D eigenvalue weighted by molar-refractivity contribution is -0.137. The Morgan fingerprint density at radius 1 is 0.725 bits per heavy atom. The summed E-state index contributed by atoms with van der Waals surface area (Å²) in [5.41, 5.74) is 0.267. The summed E-state index contributed by atoms with van der Waals surface area (Å²) in [4.78, 5) is 45.0. The normalized spacial score (nSPS) is 15.7. The van der Waals surface area contributed by atoms with Gasteiger partial charge in [-0.1, -0.05) is 18.2 Å². The minimum Gasteiger partial charge on any atom is -0.368 e. The Kier molecular flexibility index (Phi) is 6.05. The van der Waals surface area contributed by atoms with Gasteiger partial charge in [0.15, 0.2) is 0 Å². The zero-order valence-electron chi connectivity index (χ0n) is 20.9. The average molecular weight is 548 g/mol. The molecule has 0 N–H and O–H groups in total. The molecule has 0 aliphatic carbocycles. The Bertz CT molecular complexity index is 1650. The Morgan fingerprint density at radius 3 is 2.05 bits per heavy atom. The zero-order valence-corrected chi connectivity index (χ0v) is 20.9. The largest absolute Gasteiger partial charge is 0.416 e. The lowest BCUT2D eigenvalue weighted by Crippen LogP contribution is -2.49. The van der Waals surface area contributed by atoms with E-state index < -0.39 is 23.6 Å². The van der Waals surface area contributed by atoms with Crippen LogP contribution in [0.3, 0.4) is 0 Å². The standard InChI is InChI=1S/C30H21F4N3O3/c31-19-7-9-20(10-8-19)35-13-15-36(16-14-35)27(38)23-11-12-25-26-22(23)5-2-6-24(26)28(39)37(29(25)40)21-4-1-3-18(17-21)30(32,33)34/h1-12,17H,13-16H2. The number of amides is 3. The molecule has 4 aromatic rings. The van der Waals surface area contributed by atoms with Gasteiger partial charge in [-0.25, -0.2) is 9.29 Å². The van der Waals surface area contributed by atoms with Crippen molar-refractivity contribution < 1.29 is 31.9 Å². The van der Waals surface area contributed by atoms with Gasteiger partial charge in [-0.15, -0.1) is 0 Å². The number of carbonyl (C=O) groups excluding carboxylic acids is 3. The molecule has 1 fully saturated rings. The van der Waals surface area contributed by atoms with E-state index in [-0.39, 0.29) is 28.5 Å². The monoisotopic (exact) mass is 547 g/mol. The topological polar surface area (TPSA) is 60.9 Å². The quantitative estimate of drug-likeness (QED) is 0.242. The van der Waals surface area contributed by atoms with Crippen LogP contribution < -0.4 is 9.80 Å². The van der Waals surface area contributed by atoms with Crippen LogP contribution >= 0.6 is 0 Å². The minimum absolute atomic E-state index is 0.125. The number of carbonyl (C=O) groups is 3. The number of halogens is 4. The summed E-state index contributed by atoms with van der Waals surface area (Å²) in [6.45, 7) is 1.92. The van der Waals surface area contributed by atoms with Crippen molar-refractivity contribution >= 4 is 39.9 Å². The Morgan fingerprint density at radius 2 is 1.38 bits per heavy atom. The molecule has 0 saturated carbocycles. The van der Waals surface area contributed by atoms with Crippen LogP contribution in [0.2, 0.25) is 0 Å². The van der Waals surface area contributed by atoms with Crippen LogP contribution in [0.1, 0.15) is 36.6 Å². The van der Waals surface area contributed by atoms with E-state index in [9.17, 15) is 31.9 Å². The molecule has 40 heavy (non-hydrogen) atoms. The number of piperazine rings is 1. The van der Waals surface area contributed by atoms with Gasteiger partial charge in [0, 0.05) is 53.9 Å². The number of hydrogen-bond donors (Lipinski definition) is 0. The highest BCUT2D eigenvalue weighted by Gasteiger charge is 2.37. The first-order chi connectivity index (χ1) is 19.1. The van der Waals surface area contributed by atoms with E-state index in [1.807, 2.05) is 0 Å². The molecule has 0 radical (unpaired) electrons. The van der Waals surface area contributed by atoms with Gasteiger partial charge in [0.2, 0.25) is 0 Å². The van der Waals surface area contributed by atoms with Gasteiger partial charge in [0.05, 0.1) is 11.3 Å². The number of benzene rings is 4. The van der Waals surface area contributed by atoms with Gasteiger partial charge in [-0.05, 0) is 66.0 Å². The van der Waals surface area contributed by atoms with Gasteiger partial charge in [-0.3, -0.25) is 14.4 Å². The maximum atomic E-state index is 13.6. The molecule has 10 heteroatoms. The minimum atomic E-state index is -4.64. The highest BCUT2D eigenvalue weighted by molar-refractivity contribution is 6.36. The number of nitrogens with zero attached hydrogens (tertiary/aromatic N) is 3. The first kappa shape index (κ1) is 25.5. The van der Waals surface area contributed by atoms with Crippen molar-refractivity contribution in [3.8, 4) is 0 Å².